The maximum absolute atomic E-state index is 12.4. The number of fused-ring (bicyclic) bond motifs is 1. The van der Waals surface area contributed by atoms with Crippen molar-refractivity contribution in [2.24, 2.45) is 12.8 Å². The summed E-state index contributed by atoms with van der Waals surface area (Å²) in [5, 5.41) is 0.616. The standard InChI is InChI=1S/C14H16N2OS.CH5N/c1-16-9-8-15-14(16)18(17)13-7-6-11-4-2-3-5-12(11)10-13;1-2/h6-10H,2-5H2,1H3;2H2,1H3. The van der Waals surface area contributed by atoms with Crippen LogP contribution in [-0.2, 0) is 30.7 Å². The average molecular weight is 291 g/mol. The molecule has 4 nitrogen and oxygen atoms in total. The molecule has 5 heteroatoms. The number of hydrogen-bond acceptors (Lipinski definition) is 3. The summed E-state index contributed by atoms with van der Waals surface area (Å²) >= 11 is 0. The van der Waals surface area contributed by atoms with Crippen LogP contribution in [0.15, 0.2) is 40.6 Å². The van der Waals surface area contributed by atoms with E-state index in [-0.39, 0.29) is 0 Å². The molecule has 2 aromatic rings. The van der Waals surface area contributed by atoms with Crippen molar-refractivity contribution in [3.05, 3.63) is 41.7 Å². The highest BCUT2D eigenvalue weighted by Crippen LogP contribution is 2.24. The van der Waals surface area contributed by atoms with Gasteiger partial charge >= 0.3 is 0 Å². The first-order chi connectivity index (χ1) is 9.75. The van der Waals surface area contributed by atoms with Crippen molar-refractivity contribution < 1.29 is 4.21 Å². The van der Waals surface area contributed by atoms with Crippen molar-refractivity contribution in [2.45, 2.75) is 35.7 Å². The molecule has 0 fully saturated rings. The average Bonchev–Trinajstić information content (AvgIpc) is 2.94. The normalized spacial score (nSPS) is 14.9. The van der Waals surface area contributed by atoms with Gasteiger partial charge in [-0.1, -0.05) is 6.07 Å². The van der Waals surface area contributed by atoms with Crippen LogP contribution in [-0.4, -0.2) is 20.8 Å². The van der Waals surface area contributed by atoms with Gasteiger partial charge in [-0.25, -0.2) is 9.19 Å². The van der Waals surface area contributed by atoms with Gasteiger partial charge in [0.1, 0.15) is 10.8 Å². The Morgan fingerprint density at radius 2 is 1.90 bits per heavy atom. The number of aryl methyl sites for hydroxylation is 3. The van der Waals surface area contributed by atoms with Crippen LogP contribution in [0.5, 0.6) is 0 Å². The minimum Gasteiger partial charge on any atom is -0.333 e. The van der Waals surface area contributed by atoms with Crippen LogP contribution in [0.2, 0.25) is 0 Å². The molecule has 0 spiro atoms. The topological polar surface area (TPSA) is 60.9 Å². The lowest BCUT2D eigenvalue weighted by Crippen LogP contribution is -2.06. The second kappa shape index (κ2) is 6.81. The van der Waals surface area contributed by atoms with Crippen LogP contribution in [0.4, 0.5) is 0 Å². The molecule has 1 aliphatic rings. The Balaban J connectivity index is 0.000000704. The van der Waals surface area contributed by atoms with E-state index >= 15 is 0 Å². The molecule has 1 aromatic carbocycles. The molecule has 1 heterocycles. The smallest absolute Gasteiger partial charge is 0.203 e. The lowest BCUT2D eigenvalue weighted by molar-refractivity contribution is 0.662. The number of rotatable bonds is 2. The highest BCUT2D eigenvalue weighted by atomic mass is 32.2. The number of benzene rings is 1. The third kappa shape index (κ3) is 2.99. The number of nitrogens with two attached hydrogens (primary N) is 1. The molecule has 108 valence electrons. The molecule has 2 N–H and O–H groups in total. The van der Waals surface area contributed by atoms with Gasteiger partial charge in [0.05, 0.1) is 0 Å². The molecule has 1 aliphatic carbocycles. The van der Waals surface area contributed by atoms with Crippen LogP contribution in [0.1, 0.15) is 24.0 Å². The molecule has 20 heavy (non-hydrogen) atoms. The van der Waals surface area contributed by atoms with Crippen LogP contribution < -0.4 is 5.73 Å². The van der Waals surface area contributed by atoms with Gasteiger partial charge in [0, 0.05) is 24.3 Å². The second-order valence-corrected chi connectivity index (χ2v) is 6.10. The van der Waals surface area contributed by atoms with Gasteiger partial charge in [-0.3, -0.25) is 0 Å². The van der Waals surface area contributed by atoms with Crippen LogP contribution in [0.25, 0.3) is 0 Å². The van der Waals surface area contributed by atoms with Gasteiger partial charge < -0.3 is 10.3 Å². The van der Waals surface area contributed by atoms with E-state index in [0.29, 0.717) is 5.16 Å². The van der Waals surface area contributed by atoms with Crippen molar-refractivity contribution in [1.29, 1.82) is 0 Å². The van der Waals surface area contributed by atoms with Gasteiger partial charge in [0.2, 0.25) is 5.16 Å². The maximum Gasteiger partial charge on any atom is 0.203 e. The number of nitrogens with zero attached hydrogens (tertiary/aromatic N) is 2. The van der Waals surface area contributed by atoms with Crippen LogP contribution in [0.3, 0.4) is 0 Å². The van der Waals surface area contributed by atoms with Gasteiger partial charge in [-0.05, 0) is 56.0 Å². The van der Waals surface area contributed by atoms with E-state index in [9.17, 15) is 4.21 Å². The minimum absolute atomic E-state index is 0.616. The van der Waals surface area contributed by atoms with Crippen LogP contribution in [0, 0.1) is 0 Å². The van der Waals surface area contributed by atoms with Gasteiger partial charge in [-0.15, -0.1) is 0 Å². The molecule has 1 aromatic heterocycles. The molecule has 3 rings (SSSR count). The van der Waals surface area contributed by atoms with Crippen LogP contribution >= 0.6 is 0 Å². The van der Waals surface area contributed by atoms with Crippen molar-refractivity contribution in [1.82, 2.24) is 9.55 Å². The van der Waals surface area contributed by atoms with E-state index < -0.39 is 10.8 Å². The van der Waals surface area contributed by atoms with E-state index in [0.717, 1.165) is 17.7 Å². The lowest BCUT2D eigenvalue weighted by atomic mass is 9.92. The third-order valence-electron chi connectivity index (χ3n) is 3.48. The van der Waals surface area contributed by atoms with E-state index in [1.54, 1.807) is 6.20 Å². The highest BCUT2D eigenvalue weighted by molar-refractivity contribution is 7.85. The van der Waals surface area contributed by atoms with Gasteiger partial charge in [-0.2, -0.15) is 0 Å². The number of aromatic nitrogens is 2. The van der Waals surface area contributed by atoms with Gasteiger partial charge in [0.15, 0.2) is 0 Å². The molecular formula is C15H21N3OS. The molecular weight excluding hydrogens is 270 g/mol. The fourth-order valence-electron chi connectivity index (χ4n) is 2.46. The molecule has 0 saturated heterocycles. The zero-order chi connectivity index (χ0) is 14.5. The molecule has 0 amide bonds. The summed E-state index contributed by atoms with van der Waals surface area (Å²) in [6.07, 6.45) is 8.29. The Morgan fingerprint density at radius 3 is 2.55 bits per heavy atom. The molecule has 0 aliphatic heterocycles. The summed E-state index contributed by atoms with van der Waals surface area (Å²) in [6.45, 7) is 0. The predicted octanol–water partition coefficient (Wildman–Crippen LogP) is 2.04. The molecule has 1 unspecified atom stereocenters. The summed E-state index contributed by atoms with van der Waals surface area (Å²) < 4.78 is 14.3. The first-order valence-electron chi connectivity index (χ1n) is 6.84. The Hall–Kier alpha value is -1.46. The Bertz CT molecular complexity index is 607. The maximum atomic E-state index is 12.4. The predicted molar refractivity (Wildman–Crippen MR) is 81.1 cm³/mol. The summed E-state index contributed by atoms with van der Waals surface area (Å²) in [5.74, 6) is 0. The summed E-state index contributed by atoms with van der Waals surface area (Å²) in [4.78, 5) is 5.03. The quantitative estimate of drug-likeness (QED) is 0.921. The Labute approximate surface area is 122 Å². The first kappa shape index (κ1) is 14.9. The van der Waals surface area contributed by atoms with Gasteiger partial charge in [0.25, 0.3) is 0 Å². The molecule has 0 saturated carbocycles. The highest BCUT2D eigenvalue weighted by Gasteiger charge is 2.15. The molecule has 0 bridgehead atoms. The fraction of sp³-hybridized carbons (Fsp3) is 0.400. The Morgan fingerprint density at radius 1 is 1.20 bits per heavy atom. The molecule has 1 atom stereocenters. The monoisotopic (exact) mass is 291 g/mol. The van der Waals surface area contributed by atoms with E-state index in [2.05, 4.69) is 22.9 Å². The Kier molecular flexibility index (Phi) is 5.09. The summed E-state index contributed by atoms with van der Waals surface area (Å²) in [6, 6.07) is 6.21. The van der Waals surface area contributed by atoms with Crippen molar-refractivity contribution >= 4 is 10.8 Å². The first-order valence-corrected chi connectivity index (χ1v) is 7.99. The third-order valence-corrected chi connectivity index (χ3v) is 4.88. The summed E-state index contributed by atoms with van der Waals surface area (Å²) in [7, 11) is 2.20. The second-order valence-electron chi connectivity index (χ2n) is 4.73. The minimum atomic E-state index is -1.17. The van der Waals surface area contributed by atoms with Crippen molar-refractivity contribution in [2.75, 3.05) is 7.05 Å². The van der Waals surface area contributed by atoms with E-state index in [4.69, 9.17) is 0 Å². The summed E-state index contributed by atoms with van der Waals surface area (Å²) in [5.41, 5.74) is 7.28. The SMILES string of the molecule is CN.Cn1ccnc1S(=O)c1ccc2c(c1)CCCC2. The number of hydrogen-bond donors (Lipinski definition) is 1. The van der Waals surface area contributed by atoms with E-state index in [1.807, 2.05) is 23.9 Å². The molecule has 0 radical (unpaired) electrons. The zero-order valence-corrected chi connectivity index (χ0v) is 12.8. The zero-order valence-electron chi connectivity index (χ0n) is 12.0. The fourth-order valence-corrected chi connectivity index (χ4v) is 3.59. The van der Waals surface area contributed by atoms with Crippen molar-refractivity contribution in [3.63, 3.8) is 0 Å². The van der Waals surface area contributed by atoms with E-state index in [1.165, 1.54) is 31.0 Å². The largest absolute Gasteiger partial charge is 0.333 e. The lowest BCUT2D eigenvalue weighted by Gasteiger charge is -2.16. The van der Waals surface area contributed by atoms with Crippen molar-refractivity contribution in [3.8, 4) is 0 Å². The number of imidazole rings is 1.